The van der Waals surface area contributed by atoms with Crippen LogP contribution in [0.1, 0.15) is 132 Å². The van der Waals surface area contributed by atoms with Gasteiger partial charge in [0.25, 0.3) is 11.8 Å². The molecule has 63 heavy (non-hydrogen) atoms. The van der Waals surface area contributed by atoms with Crippen molar-refractivity contribution in [2.24, 2.45) is 0 Å². The molecule has 1 unspecified atom stereocenters. The number of likely N-dealkylation sites (tertiary alicyclic amines) is 2. The molecular formula is C48H61N5O9S. The molecule has 15 heteroatoms. The number of nitrogens with zero attached hydrogens (tertiary/aromatic N) is 3. The maximum Gasteiger partial charge on any atom is 0.264 e. The van der Waals surface area contributed by atoms with E-state index < -0.39 is 33.4 Å². The molecule has 4 heterocycles. The quantitative estimate of drug-likeness (QED) is 0.120. The van der Waals surface area contributed by atoms with E-state index in [9.17, 15) is 32.4 Å². The Morgan fingerprint density at radius 3 is 2.22 bits per heavy atom. The van der Waals surface area contributed by atoms with Gasteiger partial charge in [-0.1, -0.05) is 36.8 Å². The number of imide groups is 2. The molecule has 4 aliphatic rings. The first-order valence-electron chi connectivity index (χ1n) is 22.4. The molecule has 14 nitrogen and oxygen atoms in total. The lowest BCUT2D eigenvalue weighted by atomic mass is 9.85. The highest BCUT2D eigenvalue weighted by molar-refractivity contribution is 7.90. The molecule has 0 radical (unpaired) electrons. The van der Waals surface area contributed by atoms with E-state index in [0.29, 0.717) is 54.9 Å². The number of anilines is 1. The number of hydrogen-bond donors (Lipinski definition) is 2. The number of unbranched alkanes of at least 4 members (excludes halogenated alkanes) is 2. The van der Waals surface area contributed by atoms with E-state index in [4.69, 9.17) is 9.47 Å². The summed E-state index contributed by atoms with van der Waals surface area (Å²) in [5.74, 6) is -1.49. The Balaban J connectivity index is 0.895. The number of methoxy groups -OCH3 is 1. The molecule has 0 spiro atoms. The smallest absolute Gasteiger partial charge is 0.264 e. The average Bonchev–Trinajstić information content (AvgIpc) is 3.51. The van der Waals surface area contributed by atoms with Gasteiger partial charge in [0.15, 0.2) is 11.5 Å². The summed E-state index contributed by atoms with van der Waals surface area (Å²) in [6.45, 7) is 8.83. The number of aryl methyl sites for hydroxylation is 1. The van der Waals surface area contributed by atoms with Crippen LogP contribution in [-0.4, -0.2) is 117 Å². The molecule has 0 aromatic heterocycles. The van der Waals surface area contributed by atoms with E-state index in [0.717, 1.165) is 100.0 Å². The second-order valence-electron chi connectivity index (χ2n) is 17.5. The largest absolute Gasteiger partial charge is 0.493 e. The Morgan fingerprint density at radius 2 is 1.57 bits per heavy atom. The van der Waals surface area contributed by atoms with Gasteiger partial charge in [0.05, 0.1) is 48.2 Å². The molecule has 2 atom stereocenters. The first-order valence-corrected chi connectivity index (χ1v) is 24.5. The lowest BCUT2D eigenvalue weighted by molar-refractivity contribution is -0.134. The van der Waals surface area contributed by atoms with Crippen LogP contribution < -0.4 is 20.1 Å². The number of amides is 5. The van der Waals surface area contributed by atoms with Crippen molar-refractivity contribution in [3.05, 3.63) is 88.0 Å². The SMILES string of the molecule is CCOc1cc([C@@H](CS(C)(=O)=O)N2C(=O)c3cc(CCCCCN4CCC(N5CCC(c6ccc(C7CCC(=O)NC7=O)cc6)CC5)CC4)cc(NC(C)=O)c3C2=O)ccc1OC. The van der Waals surface area contributed by atoms with E-state index in [1.54, 1.807) is 37.3 Å². The molecule has 3 saturated heterocycles. The average molecular weight is 884 g/mol. The monoisotopic (exact) mass is 883 g/mol. The summed E-state index contributed by atoms with van der Waals surface area (Å²) < 4.78 is 36.6. The number of piperidine rings is 3. The number of carbonyl (C=O) groups excluding carboxylic acids is 5. The third-order valence-corrected chi connectivity index (χ3v) is 14.0. The zero-order chi connectivity index (χ0) is 44.8. The van der Waals surface area contributed by atoms with Gasteiger partial charge >= 0.3 is 0 Å². The van der Waals surface area contributed by atoms with Crippen molar-refractivity contribution in [1.29, 1.82) is 0 Å². The Hall–Kier alpha value is -5.12. The molecular weight excluding hydrogens is 823 g/mol. The zero-order valence-corrected chi connectivity index (χ0v) is 37.8. The number of benzene rings is 3. The van der Waals surface area contributed by atoms with Gasteiger partial charge in [-0.25, -0.2) is 8.42 Å². The summed E-state index contributed by atoms with van der Waals surface area (Å²) in [4.78, 5) is 70.8. The van der Waals surface area contributed by atoms with Gasteiger partial charge in [0.1, 0.15) is 9.84 Å². The van der Waals surface area contributed by atoms with E-state index in [1.165, 1.54) is 19.6 Å². The fourth-order valence-electron chi connectivity index (χ4n) is 9.89. The Labute approximate surface area is 371 Å². The minimum absolute atomic E-state index is 0.0575. The highest BCUT2D eigenvalue weighted by atomic mass is 32.2. The number of fused-ring (bicyclic) bond motifs is 1. The first-order chi connectivity index (χ1) is 30.2. The van der Waals surface area contributed by atoms with Crippen LogP contribution in [0.15, 0.2) is 54.6 Å². The predicted octanol–water partition coefficient (Wildman–Crippen LogP) is 6.01. The molecule has 4 aliphatic heterocycles. The Morgan fingerprint density at radius 1 is 0.857 bits per heavy atom. The van der Waals surface area contributed by atoms with Crippen LogP contribution in [0.3, 0.4) is 0 Å². The van der Waals surface area contributed by atoms with Gasteiger partial charge in [-0.05, 0) is 143 Å². The topological polar surface area (TPSA) is 172 Å². The van der Waals surface area contributed by atoms with Crippen LogP contribution in [0.5, 0.6) is 11.5 Å². The Kier molecular flexibility index (Phi) is 14.7. The second-order valence-corrected chi connectivity index (χ2v) is 19.7. The normalized spacial score (nSPS) is 19.8. The summed E-state index contributed by atoms with van der Waals surface area (Å²) in [7, 11) is -2.19. The zero-order valence-electron chi connectivity index (χ0n) is 37.0. The minimum atomic E-state index is -3.68. The van der Waals surface area contributed by atoms with Gasteiger partial charge in [-0.2, -0.15) is 0 Å². The molecule has 0 bridgehead atoms. The van der Waals surface area contributed by atoms with Crippen molar-refractivity contribution in [3.8, 4) is 11.5 Å². The number of sulfone groups is 1. The minimum Gasteiger partial charge on any atom is -0.493 e. The summed E-state index contributed by atoms with van der Waals surface area (Å²) in [5, 5.41) is 5.22. The van der Waals surface area contributed by atoms with Crippen LogP contribution in [0.4, 0.5) is 5.69 Å². The molecule has 7 rings (SSSR count). The first kappa shape index (κ1) is 45.9. The maximum atomic E-state index is 14.2. The van der Waals surface area contributed by atoms with Crippen LogP contribution in [0.25, 0.3) is 0 Å². The summed E-state index contributed by atoms with van der Waals surface area (Å²) in [6.07, 6.45) is 10.1. The van der Waals surface area contributed by atoms with Gasteiger partial charge in [0.2, 0.25) is 17.7 Å². The van der Waals surface area contributed by atoms with E-state index in [2.05, 4.69) is 44.7 Å². The molecule has 0 saturated carbocycles. The van der Waals surface area contributed by atoms with Crippen molar-refractivity contribution in [2.45, 2.75) is 102 Å². The van der Waals surface area contributed by atoms with Crippen molar-refractivity contribution in [2.75, 3.05) is 63.8 Å². The molecule has 3 aromatic carbocycles. The summed E-state index contributed by atoms with van der Waals surface area (Å²) in [5.41, 5.74) is 3.98. The van der Waals surface area contributed by atoms with Gasteiger partial charge in [-0.3, -0.25) is 34.2 Å². The summed E-state index contributed by atoms with van der Waals surface area (Å²) >= 11 is 0. The molecule has 0 aliphatic carbocycles. The highest BCUT2D eigenvalue weighted by Crippen LogP contribution is 2.40. The Bertz CT molecular complexity index is 2300. The molecule has 3 aromatic rings. The van der Waals surface area contributed by atoms with Gasteiger partial charge in [0, 0.05) is 25.6 Å². The number of hydrogen-bond acceptors (Lipinski definition) is 11. The molecule has 3 fully saturated rings. The van der Waals surface area contributed by atoms with Crippen LogP contribution in [0.2, 0.25) is 0 Å². The van der Waals surface area contributed by atoms with Crippen molar-refractivity contribution >= 4 is 45.1 Å². The predicted molar refractivity (Wildman–Crippen MR) is 240 cm³/mol. The van der Waals surface area contributed by atoms with Gasteiger partial charge in [-0.15, -0.1) is 0 Å². The van der Waals surface area contributed by atoms with Crippen molar-refractivity contribution in [1.82, 2.24) is 20.0 Å². The fourth-order valence-corrected chi connectivity index (χ4v) is 10.8. The standard InChI is InChI=1S/C48H61N5O9S/c1-5-62-43-29-36(14-16-42(43)61-3)41(30-63(4,59)60)53-47(57)39-27-32(28-40(49-31(2)54)45(39)48(53)58)9-7-6-8-22-51-23-20-37(21-24-51)52-25-18-34(19-26-52)33-10-12-35(13-11-33)38-15-17-44(55)50-46(38)56/h10-14,16,27-29,34,37-38,41H,5-9,15,17-26,30H2,1-4H3,(H,49,54)(H,50,55,56)/t38?,41-/m1/s1. The molecule has 338 valence electrons. The van der Waals surface area contributed by atoms with Crippen LogP contribution in [0, 0.1) is 0 Å². The lowest BCUT2D eigenvalue weighted by Crippen LogP contribution is -2.47. The lowest BCUT2D eigenvalue weighted by Gasteiger charge is -2.42. The number of rotatable bonds is 17. The van der Waals surface area contributed by atoms with Gasteiger partial charge < -0.3 is 24.6 Å². The highest BCUT2D eigenvalue weighted by Gasteiger charge is 2.44. The number of nitrogens with one attached hydrogen (secondary N) is 2. The number of carbonyl (C=O) groups is 5. The van der Waals surface area contributed by atoms with Crippen LogP contribution in [-0.2, 0) is 30.6 Å². The molecule has 2 N–H and O–H groups in total. The third kappa shape index (κ3) is 11.0. The van der Waals surface area contributed by atoms with E-state index >= 15 is 0 Å². The van der Waals surface area contributed by atoms with E-state index in [1.807, 2.05) is 0 Å². The third-order valence-electron chi connectivity index (χ3n) is 13.1. The van der Waals surface area contributed by atoms with E-state index in [-0.39, 0.29) is 40.5 Å². The summed E-state index contributed by atoms with van der Waals surface area (Å²) in [6, 6.07) is 16.3. The number of ether oxygens (including phenoxy) is 2. The maximum absolute atomic E-state index is 14.2. The van der Waals surface area contributed by atoms with Crippen molar-refractivity contribution < 1.29 is 41.9 Å². The van der Waals surface area contributed by atoms with Crippen LogP contribution >= 0.6 is 0 Å². The molecule has 5 amide bonds. The van der Waals surface area contributed by atoms with Crippen molar-refractivity contribution in [3.63, 3.8) is 0 Å². The second kappa shape index (κ2) is 20.2. The fraction of sp³-hybridized carbons (Fsp3) is 0.521.